The number of rotatable bonds is 6. The van der Waals surface area contributed by atoms with Crippen LogP contribution in [0.25, 0.3) is 12.2 Å². The number of carbonyl (C=O) groups is 1. The summed E-state index contributed by atoms with van der Waals surface area (Å²) in [5.41, 5.74) is 1.43. The van der Waals surface area contributed by atoms with E-state index in [9.17, 15) is 22.4 Å². The second kappa shape index (κ2) is 9.58. The summed E-state index contributed by atoms with van der Waals surface area (Å²) < 4.78 is 59.7. The molecule has 0 bridgehead atoms. The number of likely N-dealkylation sites (tertiary alicyclic amines) is 1. The van der Waals surface area contributed by atoms with E-state index in [2.05, 4.69) is 9.47 Å². The number of ether oxygens (including phenoxy) is 2. The number of piperidine rings is 1. The van der Waals surface area contributed by atoms with Crippen molar-refractivity contribution in [3.63, 3.8) is 0 Å². The van der Waals surface area contributed by atoms with Crippen LogP contribution >= 0.6 is 0 Å². The fourth-order valence-corrected chi connectivity index (χ4v) is 3.19. The molecule has 0 amide bonds. The molecule has 0 aromatic heterocycles. The lowest BCUT2D eigenvalue weighted by molar-refractivity contribution is -0.113. The van der Waals surface area contributed by atoms with Gasteiger partial charge in [0.05, 0.1) is 0 Å². The quantitative estimate of drug-likeness (QED) is 0.493. The van der Waals surface area contributed by atoms with Gasteiger partial charge in [-0.3, -0.25) is 9.69 Å². The predicted molar refractivity (Wildman–Crippen MR) is 105 cm³/mol. The van der Waals surface area contributed by atoms with E-state index in [4.69, 9.17) is 0 Å². The maximum Gasteiger partial charge on any atom is 0.387 e. The molecule has 3 rings (SSSR count). The Kier molecular flexibility index (Phi) is 6.89. The van der Waals surface area contributed by atoms with Crippen LogP contribution in [-0.4, -0.2) is 44.0 Å². The number of hydrogen-bond acceptors (Lipinski definition) is 4. The molecule has 158 valence electrons. The number of carbonyl (C=O) groups excluding carboxylic acids is 1. The third kappa shape index (κ3) is 5.48. The Morgan fingerprint density at radius 2 is 1.20 bits per heavy atom. The second-order valence-electron chi connectivity index (χ2n) is 6.67. The van der Waals surface area contributed by atoms with E-state index in [0.717, 1.165) is 0 Å². The second-order valence-corrected chi connectivity index (χ2v) is 6.67. The average Bonchev–Trinajstić information content (AvgIpc) is 2.67. The average molecular weight is 421 g/mol. The largest absolute Gasteiger partial charge is 0.434 e. The van der Waals surface area contributed by atoms with Crippen LogP contribution in [0.4, 0.5) is 17.6 Å². The summed E-state index contributed by atoms with van der Waals surface area (Å²) in [6, 6.07) is 12.3. The van der Waals surface area contributed by atoms with Crippen molar-refractivity contribution in [2.75, 3.05) is 20.1 Å². The molecule has 0 radical (unpaired) electrons. The number of nitrogens with zero attached hydrogens (tertiary/aromatic N) is 1. The summed E-state index contributed by atoms with van der Waals surface area (Å²) in [6.45, 7) is -5.38. The number of benzene rings is 2. The molecule has 0 aliphatic carbocycles. The maximum atomic E-state index is 13.0. The highest BCUT2D eigenvalue weighted by Gasteiger charge is 2.25. The fourth-order valence-electron chi connectivity index (χ4n) is 3.19. The summed E-state index contributed by atoms with van der Waals surface area (Å²) in [5, 5.41) is 0. The Hall–Kier alpha value is -3.13. The molecule has 0 spiro atoms. The van der Waals surface area contributed by atoms with Crippen molar-refractivity contribution in [1.29, 1.82) is 0 Å². The van der Waals surface area contributed by atoms with Gasteiger partial charge < -0.3 is 9.47 Å². The number of hydrogen-bond donors (Lipinski definition) is 0. The van der Waals surface area contributed by atoms with E-state index in [1.165, 1.54) is 24.3 Å². The first-order chi connectivity index (χ1) is 14.3. The summed E-state index contributed by atoms with van der Waals surface area (Å²) in [7, 11) is 1.79. The van der Waals surface area contributed by atoms with Crippen molar-refractivity contribution in [3.8, 4) is 11.5 Å². The lowest BCUT2D eigenvalue weighted by atomic mass is 9.94. The molecule has 0 atom stereocenters. The third-order valence-corrected chi connectivity index (χ3v) is 4.39. The highest BCUT2D eigenvalue weighted by Crippen LogP contribution is 2.28. The molecule has 1 aliphatic rings. The summed E-state index contributed by atoms with van der Waals surface area (Å²) >= 11 is 0. The zero-order valence-electron chi connectivity index (χ0n) is 16.0. The molecule has 30 heavy (non-hydrogen) atoms. The van der Waals surface area contributed by atoms with Gasteiger partial charge in [-0.2, -0.15) is 17.6 Å². The van der Waals surface area contributed by atoms with Crippen molar-refractivity contribution in [3.05, 3.63) is 70.8 Å². The van der Waals surface area contributed by atoms with E-state index in [-0.39, 0.29) is 17.3 Å². The van der Waals surface area contributed by atoms with Crippen LogP contribution < -0.4 is 9.47 Å². The Labute approximate surface area is 171 Å². The van der Waals surface area contributed by atoms with Gasteiger partial charge in [-0.25, -0.2) is 0 Å². The van der Waals surface area contributed by atoms with E-state index < -0.39 is 13.2 Å². The fraction of sp³-hybridized carbons (Fsp3) is 0.227. The summed E-state index contributed by atoms with van der Waals surface area (Å²) in [6.07, 6.45) is 3.01. The molecule has 0 unspecified atom stereocenters. The molecule has 0 saturated carbocycles. The number of likely N-dealkylation sites (N-methyl/N-ethyl adjacent to an activating group) is 1. The molecule has 8 heteroatoms. The summed E-state index contributed by atoms with van der Waals surface area (Å²) in [4.78, 5) is 14.9. The minimum absolute atomic E-state index is 0.0396. The molecule has 2 aromatic rings. The van der Waals surface area contributed by atoms with Crippen molar-refractivity contribution >= 4 is 17.9 Å². The van der Waals surface area contributed by atoms with Crippen LogP contribution in [0.15, 0.2) is 59.7 Å². The maximum absolute atomic E-state index is 13.0. The number of halogens is 4. The first kappa shape index (κ1) is 21.6. The first-order valence-corrected chi connectivity index (χ1v) is 9.05. The van der Waals surface area contributed by atoms with Gasteiger partial charge >= 0.3 is 13.2 Å². The van der Waals surface area contributed by atoms with Crippen molar-refractivity contribution < 1.29 is 31.8 Å². The molecule has 2 aromatic carbocycles. The number of ketones is 1. The Morgan fingerprint density at radius 3 is 1.60 bits per heavy atom. The van der Waals surface area contributed by atoms with E-state index in [1.54, 1.807) is 43.4 Å². The normalized spacial score (nSPS) is 17.9. The Morgan fingerprint density at radius 1 is 0.800 bits per heavy atom. The Bertz CT molecular complexity index is 897. The van der Waals surface area contributed by atoms with Gasteiger partial charge in [0.25, 0.3) is 0 Å². The van der Waals surface area contributed by atoms with Gasteiger partial charge in [0.15, 0.2) is 5.78 Å². The Balaban J connectivity index is 1.95. The third-order valence-electron chi connectivity index (χ3n) is 4.39. The molecule has 1 heterocycles. The van der Waals surface area contributed by atoms with Crippen LogP contribution in [0.3, 0.4) is 0 Å². The number of Topliss-reactive ketones (excluding diaryl/α,β-unsaturated/α-hetero) is 1. The van der Waals surface area contributed by atoms with Gasteiger partial charge in [0.2, 0.25) is 0 Å². The zero-order valence-corrected chi connectivity index (χ0v) is 16.0. The van der Waals surface area contributed by atoms with Gasteiger partial charge in [-0.15, -0.1) is 0 Å². The molecular formula is C22H19F4NO3. The SMILES string of the molecule is CN1C/C(=C/c2ccccc2OC(F)F)C(=O)/C(=C\c2ccccc2OC(F)F)C1. The molecule has 0 N–H and O–H groups in total. The van der Waals surface area contributed by atoms with E-state index in [0.29, 0.717) is 35.4 Å². The smallest absolute Gasteiger partial charge is 0.387 e. The molecule has 4 nitrogen and oxygen atoms in total. The number of alkyl halides is 4. The van der Waals surface area contributed by atoms with Crippen molar-refractivity contribution in [2.24, 2.45) is 0 Å². The minimum Gasteiger partial charge on any atom is -0.434 e. The van der Waals surface area contributed by atoms with Crippen LogP contribution in [0.1, 0.15) is 11.1 Å². The van der Waals surface area contributed by atoms with Crippen LogP contribution in [0, 0.1) is 0 Å². The monoisotopic (exact) mass is 421 g/mol. The highest BCUT2D eigenvalue weighted by molar-refractivity contribution is 6.14. The first-order valence-electron chi connectivity index (χ1n) is 9.05. The van der Waals surface area contributed by atoms with Crippen LogP contribution in [0.5, 0.6) is 11.5 Å². The van der Waals surface area contributed by atoms with E-state index in [1.807, 2.05) is 4.90 Å². The van der Waals surface area contributed by atoms with Crippen molar-refractivity contribution in [1.82, 2.24) is 4.90 Å². The lowest BCUT2D eigenvalue weighted by Crippen LogP contribution is -2.34. The standard InChI is InChI=1S/C22H19F4NO3/c1-27-12-16(10-14-6-2-4-8-18(14)29-21(23)24)20(28)17(13-27)11-15-7-3-5-9-19(15)30-22(25)26/h2-11,21-22H,12-13H2,1H3/b16-10-,17-11-. The number of para-hydroxylation sites is 2. The van der Waals surface area contributed by atoms with Gasteiger partial charge in [0.1, 0.15) is 11.5 Å². The molecule has 1 aliphatic heterocycles. The van der Waals surface area contributed by atoms with Crippen LogP contribution in [-0.2, 0) is 4.79 Å². The van der Waals surface area contributed by atoms with Crippen LogP contribution in [0.2, 0.25) is 0 Å². The zero-order chi connectivity index (χ0) is 21.7. The molecular weight excluding hydrogens is 402 g/mol. The van der Waals surface area contributed by atoms with Crippen molar-refractivity contribution in [2.45, 2.75) is 13.2 Å². The minimum atomic E-state index is -2.99. The topological polar surface area (TPSA) is 38.8 Å². The van der Waals surface area contributed by atoms with E-state index >= 15 is 0 Å². The highest BCUT2D eigenvalue weighted by atomic mass is 19.3. The summed E-state index contributed by atoms with van der Waals surface area (Å²) in [5.74, 6) is -0.378. The molecule has 1 saturated heterocycles. The molecule has 1 fully saturated rings. The van der Waals surface area contributed by atoms with Gasteiger partial charge in [-0.05, 0) is 31.3 Å². The van der Waals surface area contributed by atoms with Gasteiger partial charge in [-0.1, -0.05) is 36.4 Å². The predicted octanol–water partition coefficient (Wildman–Crippen LogP) is 4.87. The lowest BCUT2D eigenvalue weighted by Gasteiger charge is -2.26. The van der Waals surface area contributed by atoms with Gasteiger partial charge in [0, 0.05) is 35.4 Å².